The molecule has 140 valence electrons. The van der Waals surface area contributed by atoms with Crippen LogP contribution in [0.3, 0.4) is 0 Å². The van der Waals surface area contributed by atoms with Gasteiger partial charge in [0, 0.05) is 16.4 Å². The van der Waals surface area contributed by atoms with Crippen molar-refractivity contribution in [3.05, 3.63) is 63.1 Å². The maximum Gasteiger partial charge on any atom is 0.323 e. The second kappa shape index (κ2) is 8.21. The van der Waals surface area contributed by atoms with Crippen LogP contribution in [-0.2, 0) is 6.61 Å². The van der Waals surface area contributed by atoms with Crippen molar-refractivity contribution in [1.82, 2.24) is 20.1 Å². The highest BCUT2D eigenvalue weighted by Gasteiger charge is 2.25. The second-order valence-corrected chi connectivity index (χ2v) is 8.15. The Kier molecular flexibility index (Phi) is 5.52. The van der Waals surface area contributed by atoms with Gasteiger partial charge in [-0.05, 0) is 50.2 Å². The van der Waals surface area contributed by atoms with Gasteiger partial charge in [0.05, 0.1) is 4.34 Å². The van der Waals surface area contributed by atoms with E-state index in [1.54, 1.807) is 12.1 Å². The molecule has 1 aromatic carbocycles. The highest BCUT2D eigenvalue weighted by Crippen LogP contribution is 2.26. The van der Waals surface area contributed by atoms with Crippen LogP contribution in [0.15, 0.2) is 42.5 Å². The standard InChI is InChI=1S/C19H19ClN4O2S/c20-16-7-6-15(27-16)12-26-19-22-17(13-8-10-21-11-9-13)23-24(19)18(25)14-4-2-1-3-5-14/h1-7,13,21H,8-12H2. The van der Waals surface area contributed by atoms with E-state index in [2.05, 4.69) is 15.4 Å². The van der Waals surface area contributed by atoms with E-state index < -0.39 is 0 Å². The summed E-state index contributed by atoms with van der Waals surface area (Å²) >= 11 is 7.42. The average Bonchev–Trinajstić information content (AvgIpc) is 3.33. The van der Waals surface area contributed by atoms with Crippen molar-refractivity contribution in [3.63, 3.8) is 0 Å². The first-order valence-electron chi connectivity index (χ1n) is 8.85. The number of hydrogen-bond acceptors (Lipinski definition) is 6. The van der Waals surface area contributed by atoms with E-state index in [1.807, 2.05) is 30.3 Å². The summed E-state index contributed by atoms with van der Waals surface area (Å²) in [4.78, 5) is 18.4. The lowest BCUT2D eigenvalue weighted by Crippen LogP contribution is -2.27. The third-order valence-electron chi connectivity index (χ3n) is 4.48. The Morgan fingerprint density at radius 3 is 2.70 bits per heavy atom. The first-order chi connectivity index (χ1) is 13.2. The fourth-order valence-corrected chi connectivity index (χ4v) is 4.06. The number of halogens is 1. The number of hydrogen-bond donors (Lipinski definition) is 1. The van der Waals surface area contributed by atoms with Crippen molar-refractivity contribution in [1.29, 1.82) is 0 Å². The molecule has 8 heteroatoms. The molecule has 3 aromatic rings. The number of piperidine rings is 1. The molecule has 0 amide bonds. The maximum atomic E-state index is 12.9. The van der Waals surface area contributed by atoms with Gasteiger partial charge in [-0.1, -0.05) is 29.8 Å². The van der Waals surface area contributed by atoms with Gasteiger partial charge in [-0.15, -0.1) is 21.1 Å². The Hall–Kier alpha value is -2.22. The molecule has 1 aliphatic rings. The van der Waals surface area contributed by atoms with Gasteiger partial charge in [0.2, 0.25) is 0 Å². The van der Waals surface area contributed by atoms with Gasteiger partial charge in [0.25, 0.3) is 5.91 Å². The summed E-state index contributed by atoms with van der Waals surface area (Å²) in [7, 11) is 0. The van der Waals surface area contributed by atoms with E-state index in [9.17, 15) is 4.79 Å². The molecular formula is C19H19ClN4O2S. The number of ether oxygens (including phenoxy) is 1. The topological polar surface area (TPSA) is 69.0 Å². The molecule has 6 nitrogen and oxygen atoms in total. The molecule has 1 aliphatic heterocycles. The van der Waals surface area contributed by atoms with Crippen LogP contribution in [0.2, 0.25) is 4.34 Å². The van der Waals surface area contributed by atoms with Gasteiger partial charge >= 0.3 is 6.01 Å². The summed E-state index contributed by atoms with van der Waals surface area (Å²) in [6.45, 7) is 2.15. The Bertz CT molecular complexity index is 919. The van der Waals surface area contributed by atoms with Crippen LogP contribution in [0.4, 0.5) is 0 Å². The molecule has 3 heterocycles. The Morgan fingerprint density at radius 2 is 2.00 bits per heavy atom. The molecule has 27 heavy (non-hydrogen) atoms. The molecular weight excluding hydrogens is 384 g/mol. The van der Waals surface area contributed by atoms with E-state index in [1.165, 1.54) is 16.0 Å². The second-order valence-electron chi connectivity index (χ2n) is 6.35. The zero-order valence-corrected chi connectivity index (χ0v) is 16.2. The SMILES string of the molecule is O=C(c1ccccc1)n1nc(C2CCNCC2)nc1OCc1ccc(Cl)s1. The first kappa shape index (κ1) is 18.2. The van der Waals surface area contributed by atoms with E-state index in [-0.39, 0.29) is 17.8 Å². The van der Waals surface area contributed by atoms with Crippen molar-refractivity contribution < 1.29 is 9.53 Å². The fourth-order valence-electron chi connectivity index (χ4n) is 3.06. The summed E-state index contributed by atoms with van der Waals surface area (Å²) in [5.74, 6) is 0.650. The van der Waals surface area contributed by atoms with Gasteiger partial charge in [-0.3, -0.25) is 4.79 Å². The lowest BCUT2D eigenvalue weighted by Gasteiger charge is -2.19. The number of benzene rings is 1. The normalized spacial score (nSPS) is 15.0. The first-order valence-corrected chi connectivity index (χ1v) is 10.0. The zero-order valence-electron chi connectivity index (χ0n) is 14.6. The number of carbonyl (C=O) groups is 1. The summed E-state index contributed by atoms with van der Waals surface area (Å²) < 4.78 is 7.83. The third-order valence-corrected chi connectivity index (χ3v) is 5.69. The number of carbonyl (C=O) groups excluding carboxylic acids is 1. The van der Waals surface area contributed by atoms with Crippen molar-refractivity contribution in [2.75, 3.05) is 13.1 Å². The van der Waals surface area contributed by atoms with Crippen LogP contribution >= 0.6 is 22.9 Å². The molecule has 1 fully saturated rings. The monoisotopic (exact) mass is 402 g/mol. The number of nitrogens with one attached hydrogen (secondary N) is 1. The van der Waals surface area contributed by atoms with E-state index in [4.69, 9.17) is 16.3 Å². The van der Waals surface area contributed by atoms with Crippen molar-refractivity contribution in [3.8, 4) is 6.01 Å². The lowest BCUT2D eigenvalue weighted by atomic mass is 9.98. The number of nitrogens with zero attached hydrogens (tertiary/aromatic N) is 3. The zero-order chi connectivity index (χ0) is 18.6. The molecule has 0 spiro atoms. The molecule has 0 atom stereocenters. The van der Waals surface area contributed by atoms with Crippen LogP contribution in [0.1, 0.15) is 39.8 Å². The Morgan fingerprint density at radius 1 is 1.22 bits per heavy atom. The predicted molar refractivity (Wildman–Crippen MR) is 105 cm³/mol. The molecule has 4 rings (SSSR count). The molecule has 1 N–H and O–H groups in total. The summed E-state index contributed by atoms with van der Waals surface area (Å²) in [6, 6.07) is 13.0. The number of thiophene rings is 1. The van der Waals surface area contributed by atoms with Gasteiger partial charge in [0.1, 0.15) is 6.61 Å². The van der Waals surface area contributed by atoms with E-state index >= 15 is 0 Å². The summed E-state index contributed by atoms with van der Waals surface area (Å²) in [5, 5.41) is 7.84. The van der Waals surface area contributed by atoms with Crippen LogP contribution in [0.25, 0.3) is 0 Å². The molecule has 0 unspecified atom stereocenters. The van der Waals surface area contributed by atoms with Crippen molar-refractivity contribution in [2.24, 2.45) is 0 Å². The Labute approximate surface area is 166 Å². The summed E-state index contributed by atoms with van der Waals surface area (Å²) in [5.41, 5.74) is 0.545. The fraction of sp³-hybridized carbons (Fsp3) is 0.316. The molecule has 2 aromatic heterocycles. The quantitative estimate of drug-likeness (QED) is 0.704. The highest BCUT2D eigenvalue weighted by molar-refractivity contribution is 7.16. The van der Waals surface area contributed by atoms with Crippen LogP contribution in [0.5, 0.6) is 6.01 Å². The largest absolute Gasteiger partial charge is 0.458 e. The predicted octanol–water partition coefficient (Wildman–Crippen LogP) is 3.73. The number of rotatable bonds is 5. The van der Waals surface area contributed by atoms with Gasteiger partial charge in [-0.25, -0.2) is 0 Å². The minimum absolute atomic E-state index is 0.224. The molecule has 0 saturated carbocycles. The third kappa shape index (κ3) is 4.21. The van der Waals surface area contributed by atoms with Crippen molar-refractivity contribution >= 4 is 28.8 Å². The molecule has 0 bridgehead atoms. The highest BCUT2D eigenvalue weighted by atomic mass is 35.5. The maximum absolute atomic E-state index is 12.9. The lowest BCUT2D eigenvalue weighted by molar-refractivity contribution is 0.0926. The van der Waals surface area contributed by atoms with E-state index in [0.717, 1.165) is 30.8 Å². The van der Waals surface area contributed by atoms with Gasteiger partial charge in [0.15, 0.2) is 5.82 Å². The minimum atomic E-state index is -0.248. The average molecular weight is 403 g/mol. The molecule has 0 radical (unpaired) electrons. The van der Waals surface area contributed by atoms with Crippen molar-refractivity contribution in [2.45, 2.75) is 25.4 Å². The van der Waals surface area contributed by atoms with Crippen LogP contribution in [0, 0.1) is 0 Å². The van der Waals surface area contributed by atoms with Gasteiger partial charge < -0.3 is 10.1 Å². The van der Waals surface area contributed by atoms with Crippen LogP contribution < -0.4 is 10.1 Å². The van der Waals surface area contributed by atoms with Gasteiger partial charge in [-0.2, -0.15) is 4.98 Å². The number of aromatic nitrogens is 3. The molecule has 1 saturated heterocycles. The smallest absolute Gasteiger partial charge is 0.323 e. The minimum Gasteiger partial charge on any atom is -0.458 e. The Balaban J connectivity index is 1.62. The van der Waals surface area contributed by atoms with Crippen LogP contribution in [-0.4, -0.2) is 33.8 Å². The summed E-state index contributed by atoms with van der Waals surface area (Å²) in [6.07, 6.45) is 1.90. The van der Waals surface area contributed by atoms with E-state index in [0.29, 0.717) is 22.3 Å². The molecule has 0 aliphatic carbocycles.